The molecule has 1 aliphatic heterocycles. The first-order valence-corrected chi connectivity index (χ1v) is 8.57. The second kappa shape index (κ2) is 6.63. The molecule has 1 aromatic carbocycles. The van der Waals surface area contributed by atoms with Crippen molar-refractivity contribution in [2.75, 3.05) is 7.11 Å². The van der Waals surface area contributed by atoms with Crippen LogP contribution in [0, 0.1) is 0 Å². The van der Waals surface area contributed by atoms with Gasteiger partial charge in [0.05, 0.1) is 35.2 Å². The zero-order chi connectivity index (χ0) is 20.9. The molecule has 10 heteroatoms. The smallest absolute Gasteiger partial charge is 0.497 e. The molecule has 0 radical (unpaired) electrons. The lowest BCUT2D eigenvalue weighted by molar-refractivity contribution is -0.137. The van der Waals surface area contributed by atoms with Crippen molar-refractivity contribution in [1.29, 1.82) is 0 Å². The molecule has 0 atom stereocenters. The molecular formula is C18H20BF3N2O4. The normalized spacial score (nSPS) is 18.4. The van der Waals surface area contributed by atoms with Gasteiger partial charge in [0, 0.05) is 12.1 Å². The van der Waals surface area contributed by atoms with Crippen molar-refractivity contribution in [3.05, 3.63) is 46.2 Å². The molecule has 0 amide bonds. The van der Waals surface area contributed by atoms with E-state index in [9.17, 15) is 18.0 Å². The van der Waals surface area contributed by atoms with Crippen molar-refractivity contribution in [2.45, 2.75) is 45.1 Å². The molecule has 0 aliphatic carbocycles. The zero-order valence-electron chi connectivity index (χ0n) is 16.1. The number of halogens is 3. The van der Waals surface area contributed by atoms with Gasteiger partial charge in [-0.15, -0.1) is 0 Å². The Hall–Kier alpha value is -2.33. The summed E-state index contributed by atoms with van der Waals surface area (Å²) in [4.78, 5) is 12.3. The summed E-state index contributed by atoms with van der Waals surface area (Å²) < 4.78 is 57.2. The second-order valence-electron chi connectivity index (χ2n) is 7.51. The predicted molar refractivity (Wildman–Crippen MR) is 97.1 cm³/mol. The fourth-order valence-corrected chi connectivity index (χ4v) is 2.69. The summed E-state index contributed by atoms with van der Waals surface area (Å²) in [6.45, 7) is 7.45. The molecule has 1 fully saturated rings. The van der Waals surface area contributed by atoms with E-state index in [4.69, 9.17) is 14.0 Å². The fraction of sp³-hybridized carbons (Fsp3) is 0.444. The average Bonchev–Trinajstić information content (AvgIpc) is 2.81. The molecule has 0 bridgehead atoms. The quantitative estimate of drug-likeness (QED) is 0.747. The molecule has 28 heavy (non-hydrogen) atoms. The van der Waals surface area contributed by atoms with E-state index in [-0.39, 0.29) is 17.0 Å². The van der Waals surface area contributed by atoms with Crippen molar-refractivity contribution in [3.8, 4) is 11.4 Å². The van der Waals surface area contributed by atoms with Crippen molar-refractivity contribution in [3.63, 3.8) is 0 Å². The Morgan fingerprint density at radius 2 is 1.68 bits per heavy atom. The highest BCUT2D eigenvalue weighted by Gasteiger charge is 2.52. The first kappa shape index (κ1) is 20.4. The monoisotopic (exact) mass is 396 g/mol. The zero-order valence-corrected chi connectivity index (χ0v) is 16.1. The van der Waals surface area contributed by atoms with Crippen LogP contribution in [-0.4, -0.2) is 35.2 Å². The first-order valence-electron chi connectivity index (χ1n) is 8.57. The van der Waals surface area contributed by atoms with Crippen molar-refractivity contribution < 1.29 is 27.2 Å². The van der Waals surface area contributed by atoms with Gasteiger partial charge >= 0.3 is 13.3 Å². The number of hydrogen-bond donors (Lipinski definition) is 0. The average molecular weight is 396 g/mol. The third-order valence-electron chi connectivity index (χ3n) is 5.01. The van der Waals surface area contributed by atoms with Crippen molar-refractivity contribution in [2.24, 2.45) is 0 Å². The molecule has 6 nitrogen and oxygen atoms in total. The summed E-state index contributed by atoms with van der Waals surface area (Å²) in [5.74, 6) is -0.0421. The number of aromatic nitrogens is 2. The summed E-state index contributed by atoms with van der Waals surface area (Å²) in [5, 5.41) is 4.19. The second-order valence-corrected chi connectivity index (χ2v) is 7.51. The largest absolute Gasteiger partial charge is 0.516 e. The van der Waals surface area contributed by atoms with Gasteiger partial charge in [0.25, 0.3) is 5.56 Å². The minimum Gasteiger partial charge on any atom is -0.497 e. The summed E-state index contributed by atoms with van der Waals surface area (Å²) >= 11 is 0. The molecule has 0 N–H and O–H groups in total. The molecular weight excluding hydrogens is 376 g/mol. The van der Waals surface area contributed by atoms with Crippen LogP contribution in [-0.2, 0) is 15.5 Å². The minimum atomic E-state index is -4.60. The van der Waals surface area contributed by atoms with E-state index in [1.807, 2.05) is 27.7 Å². The van der Waals surface area contributed by atoms with Crippen LogP contribution in [0.1, 0.15) is 33.3 Å². The van der Waals surface area contributed by atoms with E-state index in [2.05, 4.69) is 5.10 Å². The van der Waals surface area contributed by atoms with E-state index in [0.717, 1.165) is 16.8 Å². The first-order chi connectivity index (χ1) is 12.8. The Morgan fingerprint density at radius 1 is 1.07 bits per heavy atom. The molecule has 0 unspecified atom stereocenters. The van der Waals surface area contributed by atoms with Crippen LogP contribution in [0.4, 0.5) is 13.2 Å². The maximum atomic E-state index is 13.2. The van der Waals surface area contributed by atoms with Crippen LogP contribution in [0.15, 0.2) is 35.1 Å². The number of rotatable bonds is 3. The van der Waals surface area contributed by atoms with E-state index < -0.39 is 35.6 Å². The Balaban J connectivity index is 2.08. The number of nitrogens with zero attached hydrogens (tertiary/aromatic N) is 2. The third-order valence-corrected chi connectivity index (χ3v) is 5.01. The predicted octanol–water partition coefficient (Wildman–Crippen LogP) is 2.56. The highest BCUT2D eigenvalue weighted by molar-refractivity contribution is 6.61. The standard InChI is InChI=1S/C18H20BF3N2O4/c1-16(2)17(3,4)28-19(27-16)14-6-7-15(25)24(23-14)12-8-11(18(20,21)22)9-13(10-12)26-5/h6-10H,1-5H3. The summed E-state index contributed by atoms with van der Waals surface area (Å²) in [5.41, 5.74) is -2.60. The van der Waals surface area contributed by atoms with Gasteiger partial charge < -0.3 is 14.0 Å². The number of benzene rings is 1. The summed E-state index contributed by atoms with van der Waals surface area (Å²) in [7, 11) is 0.389. The van der Waals surface area contributed by atoms with Gasteiger partial charge in [-0.05, 0) is 45.9 Å². The highest BCUT2D eigenvalue weighted by atomic mass is 19.4. The SMILES string of the molecule is COc1cc(-n2nc(B3OC(C)(C)C(C)(C)O3)ccc2=O)cc(C(F)(F)F)c1. The van der Waals surface area contributed by atoms with Gasteiger partial charge in [-0.2, -0.15) is 23.0 Å². The van der Waals surface area contributed by atoms with Crippen LogP contribution < -0.4 is 15.9 Å². The van der Waals surface area contributed by atoms with Crippen LogP contribution in [0.5, 0.6) is 5.75 Å². The van der Waals surface area contributed by atoms with Gasteiger partial charge in [0.2, 0.25) is 0 Å². The Kier molecular flexibility index (Phi) is 4.83. The Morgan fingerprint density at radius 3 is 2.21 bits per heavy atom. The van der Waals surface area contributed by atoms with Gasteiger partial charge in [-0.1, -0.05) is 0 Å². The van der Waals surface area contributed by atoms with Crippen molar-refractivity contribution in [1.82, 2.24) is 9.78 Å². The molecule has 0 saturated carbocycles. The lowest BCUT2D eigenvalue weighted by atomic mass is 9.85. The van der Waals surface area contributed by atoms with E-state index in [1.54, 1.807) is 0 Å². The van der Waals surface area contributed by atoms with Gasteiger partial charge in [-0.3, -0.25) is 4.79 Å². The molecule has 0 spiro atoms. The van der Waals surface area contributed by atoms with Crippen LogP contribution in [0.2, 0.25) is 0 Å². The summed E-state index contributed by atoms with van der Waals surface area (Å²) in [6, 6.07) is 5.64. The van der Waals surface area contributed by atoms with E-state index in [0.29, 0.717) is 0 Å². The number of methoxy groups -OCH3 is 1. The lowest BCUT2D eigenvalue weighted by Gasteiger charge is -2.32. The molecule has 2 heterocycles. The van der Waals surface area contributed by atoms with Gasteiger partial charge in [0.15, 0.2) is 0 Å². The van der Waals surface area contributed by atoms with Gasteiger partial charge in [-0.25, -0.2) is 0 Å². The lowest BCUT2D eigenvalue weighted by Crippen LogP contribution is -2.41. The fourth-order valence-electron chi connectivity index (χ4n) is 2.69. The molecule has 1 aliphatic rings. The van der Waals surface area contributed by atoms with Crippen LogP contribution in [0.25, 0.3) is 5.69 Å². The molecule has 2 aromatic rings. The highest BCUT2D eigenvalue weighted by Crippen LogP contribution is 2.36. The maximum absolute atomic E-state index is 13.2. The van der Waals surface area contributed by atoms with Gasteiger partial charge in [0.1, 0.15) is 5.75 Å². The summed E-state index contributed by atoms with van der Waals surface area (Å²) in [6.07, 6.45) is -4.60. The molecule has 3 rings (SSSR count). The third kappa shape index (κ3) is 3.66. The van der Waals surface area contributed by atoms with Crippen LogP contribution >= 0.6 is 0 Å². The minimum absolute atomic E-state index is 0.0421. The number of ether oxygens (including phenoxy) is 1. The van der Waals surface area contributed by atoms with Crippen molar-refractivity contribution >= 4 is 12.7 Å². The molecule has 150 valence electrons. The number of hydrogen-bond acceptors (Lipinski definition) is 5. The maximum Gasteiger partial charge on any atom is 0.516 e. The Labute approximate surface area is 160 Å². The van der Waals surface area contributed by atoms with Crippen LogP contribution in [0.3, 0.4) is 0 Å². The van der Waals surface area contributed by atoms with E-state index in [1.165, 1.54) is 25.3 Å². The molecule has 1 saturated heterocycles. The molecule has 1 aromatic heterocycles. The topological polar surface area (TPSA) is 62.6 Å². The Bertz CT molecular complexity index is 941. The van der Waals surface area contributed by atoms with E-state index >= 15 is 0 Å². The number of alkyl halides is 3.